The second-order valence-electron chi connectivity index (χ2n) is 5.68. The summed E-state index contributed by atoms with van der Waals surface area (Å²) in [6.45, 7) is 5.33. The van der Waals surface area contributed by atoms with Gasteiger partial charge in [0.15, 0.2) is 0 Å². The van der Waals surface area contributed by atoms with Gasteiger partial charge in [0, 0.05) is 24.1 Å². The van der Waals surface area contributed by atoms with Crippen LogP contribution in [0.5, 0.6) is 0 Å². The number of halogens is 1. The Labute approximate surface area is 152 Å². The van der Waals surface area contributed by atoms with E-state index in [1.807, 2.05) is 6.26 Å². The highest BCUT2D eigenvalue weighted by Gasteiger charge is 2.28. The van der Waals surface area contributed by atoms with Gasteiger partial charge in [-0.3, -0.25) is 14.9 Å². The largest absolute Gasteiger partial charge is 0.338 e. The number of nitrogens with one attached hydrogen (secondary N) is 1. The van der Waals surface area contributed by atoms with Crippen LogP contribution in [0.15, 0.2) is 23.1 Å². The zero-order valence-corrected chi connectivity index (χ0v) is 15.6. The smallest absolute Gasteiger partial charge is 0.282 e. The van der Waals surface area contributed by atoms with Crippen LogP contribution in [0.1, 0.15) is 30.1 Å². The molecule has 0 spiro atoms. The number of thioether (sulfide) groups is 1. The van der Waals surface area contributed by atoms with E-state index in [-0.39, 0.29) is 29.6 Å². The van der Waals surface area contributed by atoms with Crippen molar-refractivity contribution in [2.45, 2.75) is 24.7 Å². The molecule has 1 aromatic rings. The van der Waals surface area contributed by atoms with Crippen LogP contribution in [-0.2, 0) is 0 Å². The van der Waals surface area contributed by atoms with Crippen LogP contribution in [-0.4, -0.2) is 48.2 Å². The summed E-state index contributed by atoms with van der Waals surface area (Å²) in [5, 5.41) is 14.5. The normalized spacial score (nSPS) is 15.0. The van der Waals surface area contributed by atoms with Crippen molar-refractivity contribution < 1.29 is 9.72 Å². The van der Waals surface area contributed by atoms with Crippen LogP contribution in [0.2, 0.25) is 0 Å². The molecule has 0 unspecified atom stereocenters. The van der Waals surface area contributed by atoms with Gasteiger partial charge in [-0.25, -0.2) is 0 Å². The molecular weight excluding hydrogens is 350 g/mol. The number of nitrogens with zero attached hydrogens (tertiary/aromatic N) is 2. The Bertz CT molecular complexity index is 578. The number of carbonyl (C=O) groups is 1. The number of likely N-dealkylation sites (tertiary alicyclic amines) is 1. The third-order valence-electron chi connectivity index (χ3n) is 4.22. The Balaban J connectivity index is 0.00000288. The minimum absolute atomic E-state index is 0. The molecule has 134 valence electrons. The standard InChI is InChI=1S/C16H23N3O3S.ClH/c1-3-17-11-12-6-8-18(9-7-12)16(20)14-10-13(23-2)4-5-15(14)19(21)22;/h4-5,10,12,17H,3,6-9,11H2,1-2H3;1H. The lowest BCUT2D eigenvalue weighted by Gasteiger charge is -2.32. The molecule has 0 aromatic heterocycles. The molecule has 0 bridgehead atoms. The van der Waals surface area contributed by atoms with Gasteiger partial charge in [0.1, 0.15) is 5.56 Å². The zero-order chi connectivity index (χ0) is 16.8. The van der Waals surface area contributed by atoms with Gasteiger partial charge >= 0.3 is 0 Å². The second-order valence-corrected chi connectivity index (χ2v) is 6.56. The molecule has 0 aliphatic carbocycles. The monoisotopic (exact) mass is 373 g/mol. The van der Waals surface area contributed by atoms with E-state index in [4.69, 9.17) is 0 Å². The first-order chi connectivity index (χ1) is 11.1. The minimum Gasteiger partial charge on any atom is -0.338 e. The number of piperidine rings is 1. The molecule has 1 amide bonds. The quantitative estimate of drug-likeness (QED) is 0.470. The number of nitro groups is 1. The van der Waals surface area contributed by atoms with E-state index in [1.165, 1.54) is 17.8 Å². The molecule has 0 atom stereocenters. The predicted octanol–water partition coefficient (Wildman–Crippen LogP) is 3.20. The van der Waals surface area contributed by atoms with Gasteiger partial charge in [0.25, 0.3) is 11.6 Å². The number of hydrogen-bond donors (Lipinski definition) is 1. The Morgan fingerprint density at radius 1 is 1.42 bits per heavy atom. The number of nitro benzene ring substituents is 1. The van der Waals surface area contributed by atoms with Crippen molar-refractivity contribution in [3.05, 3.63) is 33.9 Å². The average Bonchev–Trinajstić information content (AvgIpc) is 2.59. The molecule has 1 heterocycles. The highest BCUT2D eigenvalue weighted by molar-refractivity contribution is 7.98. The molecule has 1 aromatic carbocycles. The summed E-state index contributed by atoms with van der Waals surface area (Å²) in [4.78, 5) is 26.0. The van der Waals surface area contributed by atoms with E-state index in [2.05, 4.69) is 12.2 Å². The van der Waals surface area contributed by atoms with Crippen molar-refractivity contribution in [3.63, 3.8) is 0 Å². The van der Waals surface area contributed by atoms with Gasteiger partial charge in [0.2, 0.25) is 0 Å². The van der Waals surface area contributed by atoms with Gasteiger partial charge in [-0.1, -0.05) is 6.92 Å². The predicted molar refractivity (Wildman–Crippen MR) is 99.3 cm³/mol. The molecule has 1 saturated heterocycles. The topological polar surface area (TPSA) is 75.5 Å². The maximum atomic E-state index is 12.7. The number of carbonyl (C=O) groups excluding carboxylic acids is 1. The van der Waals surface area contributed by atoms with Gasteiger partial charge in [-0.15, -0.1) is 24.2 Å². The molecule has 0 saturated carbocycles. The van der Waals surface area contributed by atoms with Crippen LogP contribution < -0.4 is 5.32 Å². The number of amides is 1. The fraction of sp³-hybridized carbons (Fsp3) is 0.562. The summed E-state index contributed by atoms with van der Waals surface area (Å²) >= 11 is 1.48. The molecule has 1 fully saturated rings. The van der Waals surface area contributed by atoms with Gasteiger partial charge in [0.05, 0.1) is 4.92 Å². The zero-order valence-electron chi connectivity index (χ0n) is 14.0. The summed E-state index contributed by atoms with van der Waals surface area (Å²) in [5.74, 6) is 0.348. The van der Waals surface area contributed by atoms with Crippen molar-refractivity contribution in [3.8, 4) is 0 Å². The molecular formula is C16H24ClN3O3S. The van der Waals surface area contributed by atoms with Crippen LogP contribution >= 0.6 is 24.2 Å². The summed E-state index contributed by atoms with van der Waals surface area (Å²) in [6.07, 6.45) is 3.77. The SMILES string of the molecule is CCNCC1CCN(C(=O)c2cc(SC)ccc2[N+](=O)[O-])CC1.Cl. The van der Waals surface area contributed by atoms with Crippen molar-refractivity contribution in [2.75, 3.05) is 32.4 Å². The first-order valence-electron chi connectivity index (χ1n) is 7.89. The van der Waals surface area contributed by atoms with Crippen molar-refractivity contribution in [2.24, 2.45) is 5.92 Å². The van der Waals surface area contributed by atoms with E-state index < -0.39 is 4.92 Å². The lowest BCUT2D eigenvalue weighted by molar-refractivity contribution is -0.385. The minimum atomic E-state index is -0.477. The fourth-order valence-corrected chi connectivity index (χ4v) is 3.27. The summed E-state index contributed by atoms with van der Waals surface area (Å²) in [5.41, 5.74) is 0.0922. The van der Waals surface area contributed by atoms with E-state index >= 15 is 0 Å². The van der Waals surface area contributed by atoms with Crippen LogP contribution in [0.25, 0.3) is 0 Å². The van der Waals surface area contributed by atoms with Crippen LogP contribution in [0.3, 0.4) is 0 Å². The number of hydrogen-bond acceptors (Lipinski definition) is 5. The molecule has 8 heteroatoms. The summed E-state index contributed by atoms with van der Waals surface area (Å²) in [6, 6.07) is 4.75. The Morgan fingerprint density at radius 2 is 2.08 bits per heavy atom. The second kappa shape index (κ2) is 9.86. The van der Waals surface area contributed by atoms with E-state index in [9.17, 15) is 14.9 Å². The maximum Gasteiger partial charge on any atom is 0.282 e. The molecule has 1 aliphatic heterocycles. The third kappa shape index (κ3) is 5.09. The Kier molecular flexibility index (Phi) is 8.52. The molecule has 0 radical (unpaired) electrons. The lowest BCUT2D eigenvalue weighted by atomic mass is 9.96. The third-order valence-corrected chi connectivity index (χ3v) is 4.94. The van der Waals surface area contributed by atoms with Gasteiger partial charge in [-0.05, 0) is 50.2 Å². The van der Waals surface area contributed by atoms with Crippen LogP contribution in [0, 0.1) is 16.0 Å². The molecule has 2 rings (SSSR count). The Hall–Kier alpha value is -1.31. The summed E-state index contributed by atoms with van der Waals surface area (Å²) < 4.78 is 0. The van der Waals surface area contributed by atoms with E-state index in [0.717, 1.165) is 30.8 Å². The summed E-state index contributed by atoms with van der Waals surface area (Å²) in [7, 11) is 0. The lowest BCUT2D eigenvalue weighted by Crippen LogP contribution is -2.41. The van der Waals surface area contributed by atoms with Crippen molar-refractivity contribution >= 4 is 35.8 Å². The molecule has 6 nitrogen and oxygen atoms in total. The van der Waals surface area contributed by atoms with E-state index in [0.29, 0.717) is 19.0 Å². The first kappa shape index (κ1) is 20.7. The highest BCUT2D eigenvalue weighted by Crippen LogP contribution is 2.27. The fourth-order valence-electron chi connectivity index (χ4n) is 2.83. The molecule has 24 heavy (non-hydrogen) atoms. The van der Waals surface area contributed by atoms with Crippen LogP contribution in [0.4, 0.5) is 5.69 Å². The number of benzene rings is 1. The molecule has 1 N–H and O–H groups in total. The molecule has 1 aliphatic rings. The Morgan fingerprint density at radius 3 is 2.62 bits per heavy atom. The first-order valence-corrected chi connectivity index (χ1v) is 9.11. The average molecular weight is 374 g/mol. The van der Waals surface area contributed by atoms with Crippen molar-refractivity contribution in [1.82, 2.24) is 10.2 Å². The number of rotatable bonds is 6. The van der Waals surface area contributed by atoms with Crippen molar-refractivity contribution in [1.29, 1.82) is 0 Å². The van der Waals surface area contributed by atoms with Gasteiger partial charge < -0.3 is 10.2 Å². The van der Waals surface area contributed by atoms with E-state index in [1.54, 1.807) is 17.0 Å². The maximum absolute atomic E-state index is 12.7. The highest BCUT2D eigenvalue weighted by atomic mass is 35.5. The van der Waals surface area contributed by atoms with Gasteiger partial charge in [-0.2, -0.15) is 0 Å².